The van der Waals surface area contributed by atoms with E-state index in [4.69, 9.17) is 0 Å². The Morgan fingerprint density at radius 3 is 2.50 bits per heavy atom. The van der Waals surface area contributed by atoms with E-state index in [0.29, 0.717) is 6.42 Å². The van der Waals surface area contributed by atoms with Crippen LogP contribution in [0.2, 0.25) is 0 Å². The van der Waals surface area contributed by atoms with Gasteiger partial charge in [-0.05, 0) is 57.1 Å². The molecular weight excluding hydrogens is 244 g/mol. The van der Waals surface area contributed by atoms with Crippen LogP contribution in [0.3, 0.4) is 0 Å². The molecule has 3 aromatic rings. The number of Topliss-reactive ketones (excluding diaryl/α,β-unsaturated/α-hetero) is 1. The molecule has 1 heteroatoms. The molecular formula is C19H14O. The monoisotopic (exact) mass is 258 g/mol. The number of carbonyl (C=O) groups is 1. The highest BCUT2D eigenvalue weighted by Crippen LogP contribution is 2.24. The zero-order valence-electron chi connectivity index (χ0n) is 11.3. The molecule has 0 N–H and O–H groups in total. The predicted molar refractivity (Wildman–Crippen MR) is 84.0 cm³/mol. The summed E-state index contributed by atoms with van der Waals surface area (Å²) in [6.45, 7) is 2.12. The first kappa shape index (κ1) is 11.4. The summed E-state index contributed by atoms with van der Waals surface area (Å²) in [6.07, 6.45) is 4.31. The minimum atomic E-state index is 0.188. The maximum atomic E-state index is 11.5. The molecule has 4 rings (SSSR count). The second-order valence-electron chi connectivity index (χ2n) is 5.51. The highest BCUT2D eigenvalue weighted by atomic mass is 16.1. The van der Waals surface area contributed by atoms with Gasteiger partial charge in [0.2, 0.25) is 0 Å². The van der Waals surface area contributed by atoms with E-state index in [-0.39, 0.29) is 5.78 Å². The maximum Gasteiger partial charge on any atom is 0.160 e. The number of benzene rings is 3. The minimum Gasteiger partial charge on any atom is -0.294 e. The third-order valence-electron chi connectivity index (χ3n) is 4.03. The molecule has 1 aliphatic carbocycles. The Morgan fingerprint density at radius 2 is 1.65 bits per heavy atom. The van der Waals surface area contributed by atoms with Crippen LogP contribution in [0.15, 0.2) is 42.5 Å². The van der Waals surface area contributed by atoms with E-state index in [1.807, 2.05) is 6.08 Å². The second-order valence-corrected chi connectivity index (χ2v) is 5.51. The quantitative estimate of drug-likeness (QED) is 0.567. The maximum absolute atomic E-state index is 11.5. The number of aryl methyl sites for hydroxylation is 1. The third kappa shape index (κ3) is 1.67. The number of fused-ring (bicyclic) bond motifs is 4. The molecule has 0 bridgehead atoms. The predicted octanol–water partition coefficient (Wildman–Crippen LogP) is 2.84. The summed E-state index contributed by atoms with van der Waals surface area (Å²) >= 11 is 0. The average molecular weight is 258 g/mol. The van der Waals surface area contributed by atoms with Crippen molar-refractivity contribution in [3.8, 4) is 0 Å². The van der Waals surface area contributed by atoms with Crippen molar-refractivity contribution in [2.75, 3.05) is 0 Å². The lowest BCUT2D eigenvalue weighted by Gasteiger charge is -2.07. The van der Waals surface area contributed by atoms with Crippen LogP contribution in [0, 0.1) is 6.92 Å². The number of hydrogen-bond donors (Lipinski definition) is 0. The van der Waals surface area contributed by atoms with Crippen LogP contribution in [0.5, 0.6) is 0 Å². The molecule has 3 aromatic carbocycles. The van der Waals surface area contributed by atoms with Crippen LogP contribution in [-0.2, 0) is 4.79 Å². The SMILES string of the molecule is Cc1ccc2c(ccc3cc4c(cc32)=CCC(=O)C=4)c1. The van der Waals surface area contributed by atoms with E-state index in [9.17, 15) is 4.79 Å². The molecule has 1 nitrogen and oxygen atoms in total. The average Bonchev–Trinajstić information content (AvgIpc) is 2.44. The third-order valence-corrected chi connectivity index (χ3v) is 4.03. The molecule has 0 atom stereocenters. The first-order valence-corrected chi connectivity index (χ1v) is 6.89. The Labute approximate surface area is 116 Å². The van der Waals surface area contributed by atoms with Gasteiger partial charge in [0.1, 0.15) is 0 Å². The summed E-state index contributed by atoms with van der Waals surface area (Å²) in [4.78, 5) is 11.5. The highest BCUT2D eigenvalue weighted by molar-refractivity contribution is 6.11. The standard InChI is InChI=1S/C19H14O/c1-12-2-7-18-14(8-12)3-4-15-9-16-10-17(20)6-5-13(16)11-19(15)18/h2-5,7-11H,6H2,1H3. The van der Waals surface area contributed by atoms with Crippen molar-refractivity contribution in [1.82, 2.24) is 0 Å². The fourth-order valence-electron chi connectivity index (χ4n) is 3.01. The van der Waals surface area contributed by atoms with Crippen molar-refractivity contribution < 1.29 is 4.79 Å². The largest absolute Gasteiger partial charge is 0.294 e. The van der Waals surface area contributed by atoms with Crippen LogP contribution in [0.1, 0.15) is 12.0 Å². The Hall–Kier alpha value is -2.41. The first-order valence-electron chi connectivity index (χ1n) is 6.89. The fraction of sp³-hybridized carbons (Fsp3) is 0.105. The van der Waals surface area contributed by atoms with Gasteiger partial charge in [-0.1, -0.05) is 42.0 Å². The number of rotatable bonds is 0. The van der Waals surface area contributed by atoms with Crippen LogP contribution in [0.4, 0.5) is 0 Å². The van der Waals surface area contributed by atoms with Gasteiger partial charge in [0.25, 0.3) is 0 Å². The van der Waals surface area contributed by atoms with E-state index in [0.717, 1.165) is 5.22 Å². The van der Waals surface area contributed by atoms with Crippen LogP contribution >= 0.6 is 0 Å². The molecule has 0 saturated carbocycles. The van der Waals surface area contributed by atoms with Gasteiger partial charge in [0, 0.05) is 6.42 Å². The molecule has 0 radical (unpaired) electrons. The molecule has 96 valence electrons. The van der Waals surface area contributed by atoms with Gasteiger partial charge < -0.3 is 0 Å². The summed E-state index contributed by atoms with van der Waals surface area (Å²) < 4.78 is 0. The summed E-state index contributed by atoms with van der Waals surface area (Å²) in [5.74, 6) is 0.188. The lowest BCUT2D eigenvalue weighted by molar-refractivity contribution is -0.112. The van der Waals surface area contributed by atoms with Gasteiger partial charge in [-0.25, -0.2) is 0 Å². The van der Waals surface area contributed by atoms with E-state index < -0.39 is 0 Å². The molecule has 0 heterocycles. The molecule has 1 aliphatic rings. The van der Waals surface area contributed by atoms with Crippen molar-refractivity contribution in [3.63, 3.8) is 0 Å². The van der Waals surface area contributed by atoms with Crippen molar-refractivity contribution in [1.29, 1.82) is 0 Å². The summed E-state index contributed by atoms with van der Waals surface area (Å²) in [5, 5.41) is 7.22. The zero-order valence-corrected chi connectivity index (χ0v) is 11.3. The molecule has 0 amide bonds. The van der Waals surface area contributed by atoms with Crippen molar-refractivity contribution in [3.05, 3.63) is 58.5 Å². The Balaban J connectivity index is 2.19. The normalized spacial score (nSPS) is 13.9. The van der Waals surface area contributed by atoms with Crippen molar-refractivity contribution in [2.45, 2.75) is 13.3 Å². The Kier molecular flexibility index (Phi) is 2.31. The van der Waals surface area contributed by atoms with Gasteiger partial charge in [-0.3, -0.25) is 4.79 Å². The zero-order chi connectivity index (χ0) is 13.7. The molecule has 0 saturated heterocycles. The summed E-state index contributed by atoms with van der Waals surface area (Å²) in [5.41, 5.74) is 1.28. The smallest absolute Gasteiger partial charge is 0.160 e. The second kappa shape index (κ2) is 4.04. The van der Waals surface area contributed by atoms with E-state index in [2.05, 4.69) is 49.4 Å². The molecule has 0 aromatic heterocycles. The fourth-order valence-corrected chi connectivity index (χ4v) is 3.01. The number of carbonyl (C=O) groups excluding carboxylic acids is 1. The van der Waals surface area contributed by atoms with Crippen LogP contribution in [-0.4, -0.2) is 5.78 Å². The van der Waals surface area contributed by atoms with Crippen molar-refractivity contribution >= 4 is 39.5 Å². The highest BCUT2D eigenvalue weighted by Gasteiger charge is 2.05. The topological polar surface area (TPSA) is 17.1 Å². The number of hydrogen-bond acceptors (Lipinski definition) is 1. The van der Waals surface area contributed by atoms with E-state index in [1.165, 1.54) is 32.3 Å². The van der Waals surface area contributed by atoms with E-state index in [1.54, 1.807) is 6.08 Å². The Morgan fingerprint density at radius 1 is 0.850 bits per heavy atom. The van der Waals surface area contributed by atoms with Gasteiger partial charge in [0.15, 0.2) is 5.78 Å². The minimum absolute atomic E-state index is 0.188. The summed E-state index contributed by atoms with van der Waals surface area (Å²) in [6, 6.07) is 15.2. The number of ketones is 1. The van der Waals surface area contributed by atoms with Gasteiger partial charge >= 0.3 is 0 Å². The van der Waals surface area contributed by atoms with Crippen molar-refractivity contribution in [2.24, 2.45) is 0 Å². The van der Waals surface area contributed by atoms with Gasteiger partial charge in [0.05, 0.1) is 0 Å². The molecule has 0 aliphatic heterocycles. The molecule has 0 unspecified atom stereocenters. The molecule has 20 heavy (non-hydrogen) atoms. The lowest BCUT2D eigenvalue weighted by Crippen LogP contribution is -2.28. The van der Waals surface area contributed by atoms with E-state index >= 15 is 0 Å². The van der Waals surface area contributed by atoms with Crippen LogP contribution in [0.25, 0.3) is 33.7 Å². The first-order chi connectivity index (χ1) is 9.70. The molecule has 0 fully saturated rings. The van der Waals surface area contributed by atoms with Gasteiger partial charge in [-0.15, -0.1) is 0 Å². The lowest BCUT2D eigenvalue weighted by atomic mass is 9.97. The van der Waals surface area contributed by atoms with Gasteiger partial charge in [-0.2, -0.15) is 0 Å². The Bertz CT molecular complexity index is 994. The summed E-state index contributed by atoms with van der Waals surface area (Å²) in [7, 11) is 0. The van der Waals surface area contributed by atoms with Crippen LogP contribution < -0.4 is 10.4 Å². The molecule has 0 spiro atoms.